The molecule has 5 unspecified atom stereocenters. The molecule has 3 aromatic rings. The highest BCUT2D eigenvalue weighted by molar-refractivity contribution is 6.04. The van der Waals surface area contributed by atoms with Gasteiger partial charge in [-0.25, -0.2) is 4.79 Å². The summed E-state index contributed by atoms with van der Waals surface area (Å²) in [6.07, 6.45) is -5.54. The van der Waals surface area contributed by atoms with Crippen molar-refractivity contribution in [2.45, 2.75) is 56.3 Å². The number of aryl methyl sites for hydroxylation is 1. The minimum atomic E-state index is -1.93. The van der Waals surface area contributed by atoms with Crippen LogP contribution in [0.5, 0.6) is 0 Å². The molecule has 0 saturated carbocycles. The number of nitrogens with two attached hydrogens (primary N) is 1. The van der Waals surface area contributed by atoms with Gasteiger partial charge in [0.2, 0.25) is 5.91 Å². The van der Waals surface area contributed by atoms with Gasteiger partial charge in [-0.05, 0) is 42.5 Å². The highest BCUT2D eigenvalue weighted by atomic mass is 16.4. The second-order valence-corrected chi connectivity index (χ2v) is 10.0. The largest absolute Gasteiger partial charge is 0.465 e. The maximum Gasteiger partial charge on any atom is 0.410 e. The second kappa shape index (κ2) is 12.3. The minimum absolute atomic E-state index is 0.0770. The van der Waals surface area contributed by atoms with Crippen molar-refractivity contribution in [3.63, 3.8) is 0 Å². The standard InChI is InChI=1S/C30H34N4O6/c1-19(35)30(31,18-21-12-6-3-7-13-21)34(29(39)40)26(24(36)17-16-20-10-4-2-5-11-20)33-28(38)25-22-14-8-9-15-23(22)27(37)32-25/h2-15,19,24-26,35-36H,16-18,31H2,1H3,(H,32,37)(H,33,38)(H,39,40). The first-order valence-electron chi connectivity index (χ1n) is 13.1. The number of benzene rings is 3. The molecule has 1 aliphatic heterocycles. The lowest BCUT2D eigenvalue weighted by atomic mass is 9.92. The fraction of sp³-hybridized carbons (Fsp3) is 0.300. The number of fused-ring (bicyclic) bond motifs is 1. The number of aliphatic hydroxyl groups excluding tert-OH is 2. The summed E-state index contributed by atoms with van der Waals surface area (Å²) in [5, 5.41) is 37.9. The summed E-state index contributed by atoms with van der Waals surface area (Å²) in [5.74, 6) is -1.16. The number of hydrogen-bond donors (Lipinski definition) is 6. The van der Waals surface area contributed by atoms with E-state index in [1.165, 1.54) is 6.92 Å². The minimum Gasteiger partial charge on any atom is -0.465 e. The molecule has 0 aromatic heterocycles. The van der Waals surface area contributed by atoms with Crippen LogP contribution < -0.4 is 16.4 Å². The Labute approximate surface area is 232 Å². The average Bonchev–Trinajstić information content (AvgIpc) is 3.28. The first kappa shape index (κ1) is 28.8. The Bertz CT molecular complexity index is 1340. The second-order valence-electron chi connectivity index (χ2n) is 10.0. The topological polar surface area (TPSA) is 165 Å². The number of nitrogens with zero attached hydrogens (tertiary/aromatic N) is 1. The first-order valence-corrected chi connectivity index (χ1v) is 13.1. The van der Waals surface area contributed by atoms with E-state index in [0.29, 0.717) is 23.1 Å². The molecule has 0 radical (unpaired) electrons. The van der Waals surface area contributed by atoms with Gasteiger partial charge in [0.1, 0.15) is 17.9 Å². The van der Waals surface area contributed by atoms with E-state index in [1.807, 2.05) is 30.3 Å². The molecule has 0 fully saturated rings. The molecule has 4 rings (SSSR count). The van der Waals surface area contributed by atoms with E-state index >= 15 is 0 Å². The number of hydrogen-bond acceptors (Lipinski definition) is 6. The smallest absolute Gasteiger partial charge is 0.410 e. The van der Waals surface area contributed by atoms with E-state index in [0.717, 1.165) is 10.5 Å². The van der Waals surface area contributed by atoms with Gasteiger partial charge in [-0.3, -0.25) is 14.5 Å². The highest BCUT2D eigenvalue weighted by Gasteiger charge is 2.48. The Balaban J connectivity index is 1.69. The van der Waals surface area contributed by atoms with Crippen molar-refractivity contribution in [1.82, 2.24) is 15.5 Å². The molecule has 210 valence electrons. The third kappa shape index (κ3) is 6.15. The number of rotatable bonds is 11. The predicted molar refractivity (Wildman–Crippen MR) is 148 cm³/mol. The molecular formula is C30H34N4O6. The van der Waals surface area contributed by atoms with Crippen LogP contribution in [-0.4, -0.2) is 62.2 Å². The van der Waals surface area contributed by atoms with Crippen LogP contribution in [0.2, 0.25) is 0 Å². The van der Waals surface area contributed by atoms with Gasteiger partial charge in [0.05, 0.1) is 12.2 Å². The van der Waals surface area contributed by atoms with Gasteiger partial charge in [0.25, 0.3) is 5.91 Å². The van der Waals surface area contributed by atoms with Gasteiger partial charge in [-0.15, -0.1) is 0 Å². The molecule has 1 heterocycles. The molecular weight excluding hydrogens is 512 g/mol. The van der Waals surface area contributed by atoms with Crippen molar-refractivity contribution in [3.05, 3.63) is 107 Å². The number of carbonyl (C=O) groups excluding carboxylic acids is 2. The van der Waals surface area contributed by atoms with Gasteiger partial charge >= 0.3 is 6.09 Å². The summed E-state index contributed by atoms with van der Waals surface area (Å²) < 4.78 is 0. The van der Waals surface area contributed by atoms with Crippen molar-refractivity contribution in [3.8, 4) is 0 Å². The van der Waals surface area contributed by atoms with Crippen LogP contribution in [0.1, 0.15) is 46.4 Å². The van der Waals surface area contributed by atoms with Gasteiger partial charge in [-0.2, -0.15) is 0 Å². The molecule has 7 N–H and O–H groups in total. The van der Waals surface area contributed by atoms with E-state index in [-0.39, 0.29) is 12.8 Å². The van der Waals surface area contributed by atoms with Crippen LogP contribution in [0, 0.1) is 0 Å². The zero-order chi connectivity index (χ0) is 28.9. The molecule has 10 heteroatoms. The summed E-state index contributed by atoms with van der Waals surface area (Å²) in [6, 6.07) is 23.6. The van der Waals surface area contributed by atoms with Gasteiger partial charge in [0.15, 0.2) is 0 Å². The maximum atomic E-state index is 13.6. The predicted octanol–water partition coefficient (Wildman–Crippen LogP) is 2.17. The summed E-state index contributed by atoms with van der Waals surface area (Å²) in [6.45, 7) is 1.36. The summed E-state index contributed by atoms with van der Waals surface area (Å²) >= 11 is 0. The van der Waals surface area contributed by atoms with Gasteiger partial charge in [0, 0.05) is 12.0 Å². The lowest BCUT2D eigenvalue weighted by molar-refractivity contribution is -0.130. The number of amides is 3. The van der Waals surface area contributed by atoms with Crippen molar-refractivity contribution in [2.75, 3.05) is 0 Å². The summed E-state index contributed by atoms with van der Waals surface area (Å²) in [7, 11) is 0. The Morgan fingerprint density at radius 1 is 0.975 bits per heavy atom. The van der Waals surface area contributed by atoms with Crippen molar-refractivity contribution < 1.29 is 29.7 Å². The maximum absolute atomic E-state index is 13.6. The van der Waals surface area contributed by atoms with E-state index in [1.54, 1.807) is 54.6 Å². The molecule has 3 amide bonds. The molecule has 5 atom stereocenters. The zero-order valence-electron chi connectivity index (χ0n) is 22.1. The Hall–Kier alpha value is -4.25. The molecule has 0 aliphatic carbocycles. The van der Waals surface area contributed by atoms with Crippen molar-refractivity contribution >= 4 is 17.9 Å². The molecule has 10 nitrogen and oxygen atoms in total. The molecule has 0 saturated heterocycles. The van der Waals surface area contributed by atoms with Crippen LogP contribution in [-0.2, 0) is 17.6 Å². The van der Waals surface area contributed by atoms with E-state index in [9.17, 15) is 29.7 Å². The molecule has 0 spiro atoms. The van der Waals surface area contributed by atoms with Gasteiger partial charge in [-0.1, -0.05) is 78.9 Å². The number of aliphatic hydroxyl groups is 2. The summed E-state index contributed by atoms with van der Waals surface area (Å²) in [4.78, 5) is 39.6. The molecule has 3 aromatic carbocycles. The van der Waals surface area contributed by atoms with Crippen LogP contribution in [0.3, 0.4) is 0 Å². The number of carboxylic acid groups (broad SMARTS) is 1. The normalized spacial score (nSPS) is 18.0. The fourth-order valence-corrected chi connectivity index (χ4v) is 5.04. The quantitative estimate of drug-likeness (QED) is 0.201. The Morgan fingerprint density at radius 3 is 2.15 bits per heavy atom. The van der Waals surface area contributed by atoms with E-state index in [4.69, 9.17) is 5.73 Å². The lowest BCUT2D eigenvalue weighted by Gasteiger charge is -2.47. The highest BCUT2D eigenvalue weighted by Crippen LogP contribution is 2.28. The zero-order valence-corrected chi connectivity index (χ0v) is 22.1. The van der Waals surface area contributed by atoms with Crippen LogP contribution in [0.25, 0.3) is 0 Å². The average molecular weight is 547 g/mol. The van der Waals surface area contributed by atoms with Crippen LogP contribution in [0.15, 0.2) is 84.9 Å². The van der Waals surface area contributed by atoms with Crippen molar-refractivity contribution in [2.24, 2.45) is 5.73 Å². The SMILES string of the molecule is CC(O)C(N)(Cc1ccccc1)N(C(=O)O)C(NC(=O)C1NC(=O)c2ccccc21)C(O)CCc1ccccc1. The lowest BCUT2D eigenvalue weighted by Crippen LogP contribution is -2.73. The fourth-order valence-electron chi connectivity index (χ4n) is 5.04. The monoisotopic (exact) mass is 546 g/mol. The van der Waals surface area contributed by atoms with Gasteiger partial charge < -0.3 is 31.7 Å². The first-order chi connectivity index (χ1) is 19.1. The third-order valence-corrected chi connectivity index (χ3v) is 7.27. The summed E-state index contributed by atoms with van der Waals surface area (Å²) in [5.41, 5.74) is 7.04. The third-order valence-electron chi connectivity index (χ3n) is 7.27. The number of carbonyl (C=O) groups is 3. The van der Waals surface area contributed by atoms with Crippen LogP contribution in [0.4, 0.5) is 4.79 Å². The van der Waals surface area contributed by atoms with E-state index < -0.39 is 48.0 Å². The number of nitrogens with one attached hydrogen (secondary N) is 2. The van der Waals surface area contributed by atoms with Crippen LogP contribution >= 0.6 is 0 Å². The van der Waals surface area contributed by atoms with E-state index in [2.05, 4.69) is 10.6 Å². The Morgan fingerprint density at radius 2 is 1.55 bits per heavy atom. The Kier molecular flexibility index (Phi) is 8.83. The molecule has 1 aliphatic rings. The van der Waals surface area contributed by atoms with Crippen molar-refractivity contribution in [1.29, 1.82) is 0 Å². The molecule has 40 heavy (non-hydrogen) atoms. The molecule has 0 bridgehead atoms.